The van der Waals surface area contributed by atoms with Crippen molar-refractivity contribution < 1.29 is 9.59 Å². The van der Waals surface area contributed by atoms with E-state index in [4.69, 9.17) is 0 Å². The Balaban J connectivity index is 0.000000225. The molecule has 0 aliphatic rings. The van der Waals surface area contributed by atoms with E-state index in [1.165, 1.54) is 0 Å². The van der Waals surface area contributed by atoms with Gasteiger partial charge in [-0.05, 0) is 81.4 Å². The first-order chi connectivity index (χ1) is 19.3. The van der Waals surface area contributed by atoms with E-state index in [1.54, 1.807) is 0 Å². The predicted octanol–water partition coefficient (Wildman–Crippen LogP) is 7.20. The van der Waals surface area contributed by atoms with Gasteiger partial charge in [-0.25, -0.2) is 0 Å². The van der Waals surface area contributed by atoms with Crippen LogP contribution in [0.5, 0.6) is 0 Å². The van der Waals surface area contributed by atoms with Crippen LogP contribution in [-0.2, 0) is 0 Å². The van der Waals surface area contributed by atoms with Crippen LogP contribution in [0.15, 0.2) is 103 Å². The van der Waals surface area contributed by atoms with Crippen LogP contribution in [0.3, 0.4) is 0 Å². The fourth-order valence-electron chi connectivity index (χ4n) is 4.18. The maximum Gasteiger partial charge on any atom is 0.195 e. The van der Waals surface area contributed by atoms with E-state index >= 15 is 0 Å². The molecule has 0 saturated carbocycles. The molecule has 0 heterocycles. The number of anilines is 3. The number of benzene rings is 4. The standard InChI is InChI=1S/C19H24N2O.C16H17NO/c1-5-20(3)17-11-7-15(8-12-17)19(22)16-9-13-18(14-10-16)21(4)6-2;1-3-17(2)15-12-8-7-11-14(15)16(18)13-9-5-4-6-10-13/h7-14H,5-6H2,1-4H3;4-12H,3H2,1-2H3. The van der Waals surface area contributed by atoms with Crippen molar-refractivity contribution in [2.75, 3.05) is 55.5 Å². The molecule has 4 aromatic rings. The van der Waals surface area contributed by atoms with Crippen molar-refractivity contribution in [2.24, 2.45) is 0 Å². The summed E-state index contributed by atoms with van der Waals surface area (Å²) in [5, 5.41) is 0. The molecule has 0 fully saturated rings. The van der Waals surface area contributed by atoms with Gasteiger partial charge in [-0.3, -0.25) is 9.59 Å². The van der Waals surface area contributed by atoms with Crippen molar-refractivity contribution >= 4 is 28.6 Å². The van der Waals surface area contributed by atoms with Gasteiger partial charge in [-0.15, -0.1) is 0 Å². The zero-order valence-electron chi connectivity index (χ0n) is 24.6. The first-order valence-electron chi connectivity index (χ1n) is 13.9. The second-order valence-electron chi connectivity index (χ2n) is 9.68. The van der Waals surface area contributed by atoms with E-state index in [9.17, 15) is 9.59 Å². The molecule has 0 amide bonds. The minimum Gasteiger partial charge on any atom is -0.375 e. The molecule has 0 spiro atoms. The Morgan fingerprint density at radius 2 is 0.875 bits per heavy atom. The van der Waals surface area contributed by atoms with Gasteiger partial charge in [-0.1, -0.05) is 42.5 Å². The van der Waals surface area contributed by atoms with Crippen LogP contribution < -0.4 is 14.7 Å². The fourth-order valence-corrected chi connectivity index (χ4v) is 4.18. The predicted molar refractivity (Wildman–Crippen MR) is 169 cm³/mol. The summed E-state index contributed by atoms with van der Waals surface area (Å²) in [5.74, 6) is 0.142. The van der Waals surface area contributed by atoms with Gasteiger partial charge in [0.25, 0.3) is 0 Å². The highest BCUT2D eigenvalue weighted by atomic mass is 16.1. The third kappa shape index (κ3) is 7.60. The van der Waals surface area contributed by atoms with Gasteiger partial charge >= 0.3 is 0 Å². The molecular formula is C35H41N3O2. The molecule has 0 aromatic heterocycles. The molecule has 0 saturated heterocycles. The lowest BCUT2D eigenvalue weighted by Crippen LogP contribution is -2.19. The summed E-state index contributed by atoms with van der Waals surface area (Å²) in [6.07, 6.45) is 0. The molecule has 0 N–H and O–H groups in total. The molecular weight excluding hydrogens is 494 g/mol. The number of hydrogen-bond donors (Lipinski definition) is 0. The SMILES string of the molecule is CCN(C)c1ccc(C(=O)c2ccc(N(C)CC)cc2)cc1.CCN(C)c1ccccc1C(=O)c1ccccc1. The molecule has 40 heavy (non-hydrogen) atoms. The first kappa shape index (κ1) is 30.2. The summed E-state index contributed by atoms with van der Waals surface area (Å²) in [6.45, 7) is 9.05. The number of ketones is 2. The van der Waals surface area contributed by atoms with E-state index in [0.717, 1.165) is 59.0 Å². The lowest BCUT2D eigenvalue weighted by atomic mass is 10.0. The van der Waals surface area contributed by atoms with Crippen molar-refractivity contribution in [1.82, 2.24) is 0 Å². The zero-order chi connectivity index (χ0) is 29.1. The van der Waals surface area contributed by atoms with Gasteiger partial charge in [0.05, 0.1) is 0 Å². The van der Waals surface area contributed by atoms with Crippen molar-refractivity contribution in [3.63, 3.8) is 0 Å². The smallest absolute Gasteiger partial charge is 0.195 e. The van der Waals surface area contributed by atoms with E-state index < -0.39 is 0 Å². The Kier molecular flexibility index (Phi) is 11.1. The van der Waals surface area contributed by atoms with Crippen LogP contribution in [-0.4, -0.2) is 52.3 Å². The van der Waals surface area contributed by atoms with Gasteiger partial charge in [-0.2, -0.15) is 0 Å². The molecule has 208 valence electrons. The Hall–Kier alpha value is -4.38. The summed E-state index contributed by atoms with van der Waals surface area (Å²) in [4.78, 5) is 31.3. The number of hydrogen-bond acceptors (Lipinski definition) is 5. The second-order valence-corrected chi connectivity index (χ2v) is 9.68. The summed E-state index contributed by atoms with van der Waals surface area (Å²) in [7, 11) is 6.08. The molecule has 5 heteroatoms. The van der Waals surface area contributed by atoms with Crippen LogP contribution in [0, 0.1) is 0 Å². The summed E-state index contributed by atoms with van der Waals surface area (Å²) >= 11 is 0. The van der Waals surface area contributed by atoms with Crippen LogP contribution in [0.1, 0.15) is 52.6 Å². The highest BCUT2D eigenvalue weighted by Crippen LogP contribution is 2.22. The molecule has 0 aliphatic carbocycles. The first-order valence-corrected chi connectivity index (χ1v) is 13.9. The van der Waals surface area contributed by atoms with E-state index in [2.05, 4.69) is 35.5 Å². The van der Waals surface area contributed by atoms with Crippen LogP contribution in [0.25, 0.3) is 0 Å². The Morgan fingerprint density at radius 1 is 0.475 bits per heavy atom. The highest BCUT2D eigenvalue weighted by Gasteiger charge is 2.14. The van der Waals surface area contributed by atoms with Crippen LogP contribution in [0.4, 0.5) is 17.1 Å². The normalized spacial score (nSPS) is 10.2. The molecule has 4 aromatic carbocycles. The highest BCUT2D eigenvalue weighted by molar-refractivity contribution is 6.12. The summed E-state index contributed by atoms with van der Waals surface area (Å²) in [6, 6.07) is 32.7. The minimum absolute atomic E-state index is 0.0661. The number of para-hydroxylation sites is 1. The Bertz CT molecular complexity index is 1310. The third-order valence-electron chi connectivity index (χ3n) is 7.16. The monoisotopic (exact) mass is 535 g/mol. The van der Waals surface area contributed by atoms with Crippen molar-refractivity contribution in [3.05, 3.63) is 125 Å². The van der Waals surface area contributed by atoms with E-state index in [1.807, 2.05) is 124 Å². The topological polar surface area (TPSA) is 43.9 Å². The molecule has 0 aliphatic heterocycles. The number of carbonyl (C=O) groups excluding carboxylic acids is 2. The molecule has 5 nitrogen and oxygen atoms in total. The zero-order valence-corrected chi connectivity index (χ0v) is 24.6. The molecule has 0 atom stereocenters. The quantitative estimate of drug-likeness (QED) is 0.201. The van der Waals surface area contributed by atoms with E-state index in [-0.39, 0.29) is 11.6 Å². The average Bonchev–Trinajstić information content (AvgIpc) is 3.03. The lowest BCUT2D eigenvalue weighted by molar-refractivity contribution is 0.103. The van der Waals surface area contributed by atoms with Gasteiger partial charge in [0.15, 0.2) is 11.6 Å². The number of rotatable bonds is 10. The second kappa shape index (κ2) is 14.7. The van der Waals surface area contributed by atoms with Crippen molar-refractivity contribution in [1.29, 1.82) is 0 Å². The van der Waals surface area contributed by atoms with Gasteiger partial charge < -0.3 is 14.7 Å². The maximum absolute atomic E-state index is 12.5. The minimum atomic E-state index is 0.0661. The fraction of sp³-hybridized carbons (Fsp3) is 0.257. The number of carbonyl (C=O) groups is 2. The lowest BCUT2D eigenvalue weighted by Gasteiger charge is -2.20. The van der Waals surface area contributed by atoms with Gasteiger partial charge in [0, 0.05) is 80.1 Å². The average molecular weight is 536 g/mol. The van der Waals surface area contributed by atoms with E-state index in [0.29, 0.717) is 0 Å². The third-order valence-corrected chi connectivity index (χ3v) is 7.16. The molecule has 0 unspecified atom stereocenters. The molecule has 4 rings (SSSR count). The largest absolute Gasteiger partial charge is 0.375 e. The Morgan fingerprint density at radius 3 is 1.32 bits per heavy atom. The van der Waals surface area contributed by atoms with Crippen LogP contribution >= 0.6 is 0 Å². The number of nitrogens with zero attached hydrogens (tertiary/aromatic N) is 3. The molecule has 0 radical (unpaired) electrons. The Labute approximate surface area is 239 Å². The maximum atomic E-state index is 12.5. The summed E-state index contributed by atoms with van der Waals surface area (Å²) in [5.41, 5.74) is 6.17. The van der Waals surface area contributed by atoms with Crippen molar-refractivity contribution in [3.8, 4) is 0 Å². The van der Waals surface area contributed by atoms with Crippen molar-refractivity contribution in [2.45, 2.75) is 20.8 Å². The van der Waals surface area contributed by atoms with Gasteiger partial charge in [0.2, 0.25) is 0 Å². The van der Waals surface area contributed by atoms with Gasteiger partial charge in [0.1, 0.15) is 0 Å². The summed E-state index contributed by atoms with van der Waals surface area (Å²) < 4.78 is 0. The van der Waals surface area contributed by atoms with Crippen LogP contribution in [0.2, 0.25) is 0 Å². The molecule has 0 bridgehead atoms.